The molecule has 0 spiro atoms. The van der Waals surface area contributed by atoms with Crippen molar-refractivity contribution in [3.05, 3.63) is 79.7 Å². The molecule has 2 aromatic carbocycles. The van der Waals surface area contributed by atoms with Crippen LogP contribution >= 0.6 is 23.4 Å². The molecular weight excluding hydrogens is 480 g/mol. The second kappa shape index (κ2) is 9.01. The number of hydrogen-bond acceptors (Lipinski definition) is 8. The fourth-order valence-electron chi connectivity index (χ4n) is 3.75. The van der Waals surface area contributed by atoms with Crippen LogP contribution in [-0.4, -0.2) is 29.3 Å². The summed E-state index contributed by atoms with van der Waals surface area (Å²) in [5, 5.41) is 10.1. The van der Waals surface area contributed by atoms with Gasteiger partial charge in [-0.25, -0.2) is 14.8 Å². The lowest BCUT2D eigenvalue weighted by atomic mass is 10.2. The number of oxazole rings is 1. The van der Waals surface area contributed by atoms with Crippen molar-refractivity contribution in [1.29, 1.82) is 0 Å². The molecule has 0 aliphatic heterocycles. The summed E-state index contributed by atoms with van der Waals surface area (Å²) in [5.74, 6) is 0.984. The molecule has 3 N–H and O–H groups in total. The SMILES string of the molecule is CCn1c(CSc2nc3cc(NO)ccc3o2)nc2c1c(=O)[nH]c(=O)n2Cc1ccc(Cl)cc1. The summed E-state index contributed by atoms with van der Waals surface area (Å²) in [7, 11) is 0. The van der Waals surface area contributed by atoms with Crippen molar-refractivity contribution in [2.75, 3.05) is 5.48 Å². The molecule has 0 atom stereocenters. The van der Waals surface area contributed by atoms with Crippen LogP contribution in [0.1, 0.15) is 18.3 Å². The summed E-state index contributed by atoms with van der Waals surface area (Å²) in [6.07, 6.45) is 0. The average Bonchev–Trinajstić information content (AvgIpc) is 3.41. The summed E-state index contributed by atoms with van der Waals surface area (Å²) in [6.45, 7) is 2.64. The maximum atomic E-state index is 12.7. The predicted octanol–water partition coefficient (Wildman–Crippen LogP) is 3.84. The Morgan fingerprint density at radius 3 is 2.68 bits per heavy atom. The van der Waals surface area contributed by atoms with Crippen LogP contribution in [0.4, 0.5) is 5.69 Å². The third-order valence-electron chi connectivity index (χ3n) is 5.36. The van der Waals surface area contributed by atoms with Gasteiger partial charge in [-0.2, -0.15) is 0 Å². The average molecular weight is 499 g/mol. The minimum atomic E-state index is -0.528. The fraction of sp³-hybridized carbons (Fsp3) is 0.182. The molecule has 174 valence electrons. The lowest BCUT2D eigenvalue weighted by Gasteiger charge is -2.07. The van der Waals surface area contributed by atoms with Crippen molar-refractivity contribution in [2.45, 2.75) is 31.0 Å². The standard InChI is InChI=1S/C22H19ClN6O4S/c1-2-28-17(11-34-22-24-15-9-14(27-32)7-8-16(15)33-22)25-19-18(28)20(30)26-21(31)29(19)10-12-3-5-13(23)6-4-12/h3-9,27,32H,2,10-11H2,1H3,(H,26,30,31). The van der Waals surface area contributed by atoms with E-state index in [4.69, 9.17) is 21.2 Å². The minimum absolute atomic E-state index is 0.239. The van der Waals surface area contributed by atoms with Crippen LogP contribution in [-0.2, 0) is 18.8 Å². The molecule has 10 nitrogen and oxygen atoms in total. The number of H-pyrrole nitrogens is 1. The highest BCUT2D eigenvalue weighted by Crippen LogP contribution is 2.28. The number of hydrogen-bond donors (Lipinski definition) is 3. The van der Waals surface area contributed by atoms with Crippen molar-refractivity contribution in [2.24, 2.45) is 0 Å². The molecule has 0 radical (unpaired) electrons. The first kappa shape index (κ1) is 22.3. The number of halogens is 1. The van der Waals surface area contributed by atoms with E-state index in [1.54, 1.807) is 34.9 Å². The number of nitrogens with one attached hydrogen (secondary N) is 2. The third-order valence-corrected chi connectivity index (χ3v) is 6.43. The zero-order valence-corrected chi connectivity index (χ0v) is 19.5. The summed E-state index contributed by atoms with van der Waals surface area (Å²) < 4.78 is 9.00. The van der Waals surface area contributed by atoms with Crippen molar-refractivity contribution in [1.82, 2.24) is 24.1 Å². The molecule has 5 aromatic rings. The van der Waals surface area contributed by atoms with Gasteiger partial charge < -0.3 is 8.98 Å². The molecule has 12 heteroatoms. The Kier molecular flexibility index (Phi) is 5.90. The molecule has 5 rings (SSSR count). The van der Waals surface area contributed by atoms with Crippen LogP contribution in [0.5, 0.6) is 0 Å². The van der Waals surface area contributed by atoms with Gasteiger partial charge in [-0.3, -0.25) is 25.0 Å². The second-order valence-electron chi connectivity index (χ2n) is 7.48. The summed E-state index contributed by atoms with van der Waals surface area (Å²) >= 11 is 7.29. The van der Waals surface area contributed by atoms with E-state index >= 15 is 0 Å². The predicted molar refractivity (Wildman–Crippen MR) is 130 cm³/mol. The Hall–Kier alpha value is -3.54. The van der Waals surface area contributed by atoms with Crippen LogP contribution in [0, 0.1) is 0 Å². The zero-order chi connectivity index (χ0) is 23.8. The summed E-state index contributed by atoms with van der Waals surface area (Å²) in [5.41, 5.74) is 4.26. The van der Waals surface area contributed by atoms with E-state index in [1.165, 1.54) is 16.3 Å². The van der Waals surface area contributed by atoms with E-state index in [2.05, 4.69) is 20.4 Å². The van der Waals surface area contributed by atoms with E-state index in [1.807, 2.05) is 19.1 Å². The fourth-order valence-corrected chi connectivity index (χ4v) is 4.66. The topological polar surface area (TPSA) is 131 Å². The van der Waals surface area contributed by atoms with Crippen LogP contribution in [0.3, 0.4) is 0 Å². The highest BCUT2D eigenvalue weighted by atomic mass is 35.5. The molecule has 34 heavy (non-hydrogen) atoms. The quantitative estimate of drug-likeness (QED) is 0.228. The molecule has 0 saturated carbocycles. The number of benzene rings is 2. The molecule has 0 aliphatic carbocycles. The number of nitrogens with zero attached hydrogens (tertiary/aromatic N) is 4. The normalized spacial score (nSPS) is 11.5. The van der Waals surface area contributed by atoms with Crippen LogP contribution in [0.2, 0.25) is 5.02 Å². The smallest absolute Gasteiger partial charge is 0.330 e. The molecule has 0 bridgehead atoms. The van der Waals surface area contributed by atoms with Gasteiger partial charge in [0, 0.05) is 11.6 Å². The van der Waals surface area contributed by atoms with Gasteiger partial charge in [0.25, 0.3) is 10.8 Å². The number of anilines is 1. The molecule has 0 amide bonds. The van der Waals surface area contributed by atoms with Gasteiger partial charge in [-0.1, -0.05) is 35.5 Å². The first-order valence-electron chi connectivity index (χ1n) is 10.4. The number of fused-ring (bicyclic) bond motifs is 2. The monoisotopic (exact) mass is 498 g/mol. The van der Waals surface area contributed by atoms with Crippen molar-refractivity contribution >= 4 is 51.3 Å². The number of thioether (sulfide) groups is 1. The van der Waals surface area contributed by atoms with Crippen molar-refractivity contribution < 1.29 is 9.62 Å². The van der Waals surface area contributed by atoms with Gasteiger partial charge in [-0.15, -0.1) is 0 Å². The summed E-state index contributed by atoms with van der Waals surface area (Å²) in [6, 6.07) is 12.2. The number of rotatable bonds is 7. The van der Waals surface area contributed by atoms with Crippen molar-refractivity contribution in [3.8, 4) is 0 Å². The highest BCUT2D eigenvalue weighted by molar-refractivity contribution is 7.98. The first-order valence-corrected chi connectivity index (χ1v) is 11.7. The maximum absolute atomic E-state index is 12.7. The van der Waals surface area contributed by atoms with Crippen molar-refractivity contribution in [3.63, 3.8) is 0 Å². The Morgan fingerprint density at radius 2 is 1.94 bits per heavy atom. The third kappa shape index (κ3) is 4.09. The Bertz CT molecular complexity index is 1620. The van der Waals surface area contributed by atoms with E-state index < -0.39 is 11.2 Å². The Balaban J connectivity index is 1.51. The largest absolute Gasteiger partial charge is 0.431 e. The molecule has 3 heterocycles. The number of aromatic nitrogens is 5. The minimum Gasteiger partial charge on any atom is -0.431 e. The molecule has 0 saturated heterocycles. The lowest BCUT2D eigenvalue weighted by molar-refractivity contribution is 0.389. The van der Waals surface area contributed by atoms with E-state index in [0.717, 1.165) is 5.56 Å². The van der Waals surface area contributed by atoms with Gasteiger partial charge in [0.1, 0.15) is 11.3 Å². The number of imidazole rings is 1. The first-order chi connectivity index (χ1) is 16.5. The summed E-state index contributed by atoms with van der Waals surface area (Å²) in [4.78, 5) is 36.8. The maximum Gasteiger partial charge on any atom is 0.330 e. The lowest BCUT2D eigenvalue weighted by Crippen LogP contribution is -2.31. The zero-order valence-electron chi connectivity index (χ0n) is 17.9. The number of aryl methyl sites for hydroxylation is 1. The van der Waals surface area contributed by atoms with Crippen LogP contribution in [0.15, 0.2) is 61.7 Å². The highest BCUT2D eigenvalue weighted by Gasteiger charge is 2.19. The molecular formula is C22H19ClN6O4S. The second-order valence-corrected chi connectivity index (χ2v) is 8.84. The van der Waals surface area contributed by atoms with Crippen LogP contribution in [0.25, 0.3) is 22.3 Å². The Labute approximate surface area is 201 Å². The van der Waals surface area contributed by atoms with Gasteiger partial charge >= 0.3 is 5.69 Å². The van der Waals surface area contributed by atoms with Gasteiger partial charge in [-0.05, 0) is 42.8 Å². The molecule has 0 unspecified atom stereocenters. The van der Waals surface area contributed by atoms with Gasteiger partial charge in [0.05, 0.1) is 18.0 Å². The van der Waals surface area contributed by atoms with Crippen LogP contribution < -0.4 is 16.7 Å². The number of aromatic amines is 1. The van der Waals surface area contributed by atoms with Gasteiger partial charge in [0.2, 0.25) is 0 Å². The van der Waals surface area contributed by atoms with E-state index in [-0.39, 0.29) is 6.54 Å². The van der Waals surface area contributed by atoms with E-state index in [9.17, 15) is 9.59 Å². The van der Waals surface area contributed by atoms with Gasteiger partial charge in [0.15, 0.2) is 16.7 Å². The molecule has 3 aromatic heterocycles. The molecule has 0 fully saturated rings. The molecule has 0 aliphatic rings. The Morgan fingerprint density at radius 1 is 1.15 bits per heavy atom. The van der Waals surface area contributed by atoms with E-state index in [0.29, 0.717) is 56.3 Å².